The number of methoxy groups -OCH3 is 1. The van der Waals surface area contributed by atoms with Gasteiger partial charge in [0.15, 0.2) is 0 Å². The highest BCUT2D eigenvalue weighted by Gasteiger charge is 2.36. The van der Waals surface area contributed by atoms with E-state index in [1.807, 2.05) is 53.4 Å². The summed E-state index contributed by atoms with van der Waals surface area (Å²) in [6.07, 6.45) is 1.80. The van der Waals surface area contributed by atoms with Crippen LogP contribution >= 0.6 is 0 Å². The average Bonchev–Trinajstić information content (AvgIpc) is 3.01. The van der Waals surface area contributed by atoms with Gasteiger partial charge in [0.25, 0.3) is 0 Å². The van der Waals surface area contributed by atoms with Gasteiger partial charge >= 0.3 is 6.03 Å². The third-order valence-corrected chi connectivity index (χ3v) is 4.20. The van der Waals surface area contributed by atoms with Crippen LogP contribution in [0.4, 0.5) is 10.5 Å². The normalized spacial score (nSPS) is 20.5. The van der Waals surface area contributed by atoms with Gasteiger partial charge in [0, 0.05) is 49.6 Å². The number of carbonyl (C=O) groups excluding carboxylic acids is 1. The summed E-state index contributed by atoms with van der Waals surface area (Å²) in [5, 5.41) is 2.94. The largest absolute Gasteiger partial charge is 0.384 e. The molecule has 2 aromatic rings. The molecule has 23 heavy (non-hydrogen) atoms. The highest BCUT2D eigenvalue weighted by molar-refractivity contribution is 5.89. The van der Waals surface area contributed by atoms with E-state index < -0.39 is 0 Å². The average molecular weight is 311 g/mol. The van der Waals surface area contributed by atoms with Crippen molar-refractivity contribution in [3.8, 4) is 0 Å². The number of pyridine rings is 1. The molecule has 3 rings (SSSR count). The van der Waals surface area contributed by atoms with E-state index in [4.69, 9.17) is 4.74 Å². The minimum Gasteiger partial charge on any atom is -0.384 e. The van der Waals surface area contributed by atoms with Gasteiger partial charge in [-0.2, -0.15) is 0 Å². The van der Waals surface area contributed by atoms with E-state index >= 15 is 0 Å². The summed E-state index contributed by atoms with van der Waals surface area (Å²) >= 11 is 0. The Morgan fingerprint density at radius 3 is 2.70 bits per heavy atom. The van der Waals surface area contributed by atoms with E-state index in [1.165, 1.54) is 0 Å². The number of amides is 2. The smallest absolute Gasteiger partial charge is 0.321 e. The lowest BCUT2D eigenvalue weighted by Gasteiger charge is -2.17. The Labute approximate surface area is 136 Å². The summed E-state index contributed by atoms with van der Waals surface area (Å²) in [4.78, 5) is 18.8. The van der Waals surface area contributed by atoms with Crippen LogP contribution in [-0.2, 0) is 4.74 Å². The molecule has 2 amide bonds. The molecule has 0 spiro atoms. The summed E-state index contributed by atoms with van der Waals surface area (Å²) in [5.41, 5.74) is 1.83. The fraction of sp³-hybridized carbons (Fsp3) is 0.333. The molecule has 1 aromatic heterocycles. The first-order chi connectivity index (χ1) is 11.3. The number of benzene rings is 1. The number of aromatic nitrogens is 1. The molecule has 0 radical (unpaired) electrons. The van der Waals surface area contributed by atoms with Crippen molar-refractivity contribution < 1.29 is 9.53 Å². The van der Waals surface area contributed by atoms with Crippen LogP contribution in [0.3, 0.4) is 0 Å². The lowest BCUT2D eigenvalue weighted by molar-refractivity contribution is 0.148. The Morgan fingerprint density at radius 1 is 1.22 bits per heavy atom. The zero-order valence-electron chi connectivity index (χ0n) is 13.2. The molecule has 5 nitrogen and oxygen atoms in total. The molecular weight excluding hydrogens is 290 g/mol. The molecule has 2 atom stereocenters. The predicted molar refractivity (Wildman–Crippen MR) is 89.4 cm³/mol. The molecule has 1 fully saturated rings. The monoisotopic (exact) mass is 311 g/mol. The van der Waals surface area contributed by atoms with E-state index in [0.29, 0.717) is 19.7 Å². The van der Waals surface area contributed by atoms with Crippen molar-refractivity contribution in [3.63, 3.8) is 0 Å². The summed E-state index contributed by atoms with van der Waals surface area (Å²) in [5.74, 6) is 0.467. The number of anilines is 1. The number of likely N-dealkylation sites (tertiary alicyclic amines) is 1. The van der Waals surface area contributed by atoms with Crippen LogP contribution in [0.2, 0.25) is 0 Å². The highest BCUT2D eigenvalue weighted by Crippen LogP contribution is 2.32. The maximum Gasteiger partial charge on any atom is 0.321 e. The number of hydrogen-bond donors (Lipinski definition) is 1. The van der Waals surface area contributed by atoms with E-state index in [2.05, 4.69) is 10.3 Å². The number of rotatable bonds is 4. The number of para-hydroxylation sites is 1. The molecule has 2 heterocycles. The van der Waals surface area contributed by atoms with Gasteiger partial charge < -0.3 is 15.0 Å². The molecule has 5 heteroatoms. The van der Waals surface area contributed by atoms with Gasteiger partial charge in [-0.25, -0.2) is 4.79 Å². The minimum atomic E-state index is -0.0734. The topological polar surface area (TPSA) is 54.5 Å². The first-order valence-corrected chi connectivity index (χ1v) is 7.79. The van der Waals surface area contributed by atoms with Crippen molar-refractivity contribution in [2.45, 2.75) is 5.92 Å². The zero-order valence-corrected chi connectivity index (χ0v) is 13.2. The van der Waals surface area contributed by atoms with Crippen molar-refractivity contribution in [3.05, 3.63) is 60.4 Å². The van der Waals surface area contributed by atoms with Gasteiger partial charge in [-0.1, -0.05) is 24.3 Å². The number of carbonyl (C=O) groups is 1. The third-order valence-electron chi connectivity index (χ3n) is 4.20. The van der Waals surface area contributed by atoms with Crippen molar-refractivity contribution >= 4 is 11.7 Å². The summed E-state index contributed by atoms with van der Waals surface area (Å²) < 4.78 is 5.34. The second-order valence-electron chi connectivity index (χ2n) is 5.78. The number of urea groups is 1. The number of ether oxygens (including phenoxy) is 1. The van der Waals surface area contributed by atoms with Gasteiger partial charge in [0.2, 0.25) is 0 Å². The minimum absolute atomic E-state index is 0.0734. The maximum atomic E-state index is 12.5. The second kappa shape index (κ2) is 7.24. The lowest BCUT2D eigenvalue weighted by atomic mass is 9.93. The lowest BCUT2D eigenvalue weighted by Crippen LogP contribution is -2.33. The van der Waals surface area contributed by atoms with E-state index in [9.17, 15) is 4.79 Å². The predicted octanol–water partition coefficient (Wildman–Crippen LogP) is 2.98. The molecule has 0 aliphatic carbocycles. The summed E-state index contributed by atoms with van der Waals surface area (Å²) in [6, 6.07) is 15.4. The molecule has 1 aromatic carbocycles. The first kappa shape index (κ1) is 15.5. The standard InChI is InChI=1S/C18H21N3O2/c1-23-13-14-11-21(12-16(14)17-9-5-6-10-19-17)18(22)20-15-7-3-2-4-8-15/h2-10,14,16H,11-13H2,1H3,(H,20,22)/t14-,16+/m0/s1. The number of hydrogen-bond acceptors (Lipinski definition) is 3. The molecule has 0 bridgehead atoms. The molecule has 0 saturated carbocycles. The van der Waals surface area contributed by atoms with Gasteiger partial charge in [-0.05, 0) is 24.3 Å². The highest BCUT2D eigenvalue weighted by atomic mass is 16.5. The van der Waals surface area contributed by atoms with Crippen molar-refractivity contribution in [1.82, 2.24) is 9.88 Å². The number of nitrogens with one attached hydrogen (secondary N) is 1. The Hall–Kier alpha value is -2.40. The Balaban J connectivity index is 1.71. The van der Waals surface area contributed by atoms with E-state index in [1.54, 1.807) is 13.3 Å². The molecule has 1 aliphatic heterocycles. The second-order valence-corrected chi connectivity index (χ2v) is 5.78. The molecule has 1 aliphatic rings. The summed E-state index contributed by atoms with van der Waals surface area (Å²) in [7, 11) is 1.70. The van der Waals surface area contributed by atoms with Crippen molar-refractivity contribution in [2.24, 2.45) is 5.92 Å². The number of nitrogens with zero attached hydrogens (tertiary/aromatic N) is 2. The van der Waals surface area contributed by atoms with Gasteiger partial charge in [-0.3, -0.25) is 4.98 Å². The molecule has 1 N–H and O–H groups in total. The van der Waals surface area contributed by atoms with Crippen molar-refractivity contribution in [1.29, 1.82) is 0 Å². The molecular formula is C18H21N3O2. The quantitative estimate of drug-likeness (QED) is 0.944. The van der Waals surface area contributed by atoms with Gasteiger partial charge in [0.05, 0.1) is 6.61 Å². The fourth-order valence-electron chi connectivity index (χ4n) is 3.07. The van der Waals surface area contributed by atoms with Crippen LogP contribution < -0.4 is 5.32 Å². The molecule has 0 unspecified atom stereocenters. The van der Waals surface area contributed by atoms with Crippen LogP contribution in [0, 0.1) is 5.92 Å². The Bertz CT molecular complexity index is 633. The fourth-order valence-corrected chi connectivity index (χ4v) is 3.07. The van der Waals surface area contributed by atoms with Crippen LogP contribution in [0.1, 0.15) is 11.6 Å². The van der Waals surface area contributed by atoms with Crippen LogP contribution in [0.25, 0.3) is 0 Å². The van der Waals surface area contributed by atoms with Crippen LogP contribution in [-0.4, -0.2) is 42.7 Å². The summed E-state index contributed by atoms with van der Waals surface area (Å²) in [6.45, 7) is 1.95. The first-order valence-electron chi connectivity index (χ1n) is 7.79. The SMILES string of the molecule is COC[C@@H]1CN(C(=O)Nc2ccccc2)C[C@H]1c1ccccn1. The van der Waals surface area contributed by atoms with E-state index in [-0.39, 0.29) is 17.9 Å². The van der Waals surface area contributed by atoms with Crippen LogP contribution in [0.5, 0.6) is 0 Å². The maximum absolute atomic E-state index is 12.5. The molecule has 1 saturated heterocycles. The van der Waals surface area contributed by atoms with Gasteiger partial charge in [0.1, 0.15) is 0 Å². The third kappa shape index (κ3) is 3.68. The van der Waals surface area contributed by atoms with Gasteiger partial charge in [-0.15, -0.1) is 0 Å². The zero-order chi connectivity index (χ0) is 16.1. The Kier molecular flexibility index (Phi) is 4.88. The Morgan fingerprint density at radius 2 is 2.00 bits per heavy atom. The van der Waals surface area contributed by atoms with E-state index in [0.717, 1.165) is 11.4 Å². The van der Waals surface area contributed by atoms with Crippen molar-refractivity contribution in [2.75, 3.05) is 32.1 Å². The molecule has 120 valence electrons. The van der Waals surface area contributed by atoms with Crippen LogP contribution in [0.15, 0.2) is 54.7 Å².